The molecular formula is C11H16NSSe+. The van der Waals surface area contributed by atoms with Gasteiger partial charge in [0.2, 0.25) is 0 Å². The zero-order chi connectivity index (χ0) is 10.2. The van der Waals surface area contributed by atoms with Crippen LogP contribution in [-0.2, 0) is 0 Å². The predicted octanol–water partition coefficient (Wildman–Crippen LogP) is 1.77. The fraction of sp³-hybridized carbons (Fsp3) is 0.545. The summed E-state index contributed by atoms with van der Waals surface area (Å²) >= 11 is 2.77. The standard InChI is InChI=1S/C11H16NSSe/c1-11(2,3)13-9-8-14-10-6-4-5-7-12(9)10/h4-7,9H,8H2,1-3H3/q+1. The molecule has 1 aliphatic heterocycles. The monoisotopic (exact) mass is 274 g/mol. The summed E-state index contributed by atoms with van der Waals surface area (Å²) in [5.41, 5.74) is 0. The van der Waals surface area contributed by atoms with Crippen molar-refractivity contribution < 1.29 is 4.57 Å². The van der Waals surface area contributed by atoms with E-state index in [1.807, 2.05) is 0 Å². The van der Waals surface area contributed by atoms with E-state index in [1.165, 1.54) is 5.32 Å². The van der Waals surface area contributed by atoms with Gasteiger partial charge in [-0.25, -0.2) is 0 Å². The molecule has 1 unspecified atom stereocenters. The molecule has 14 heavy (non-hydrogen) atoms. The fourth-order valence-corrected chi connectivity index (χ4v) is 5.72. The van der Waals surface area contributed by atoms with Crippen LogP contribution >= 0.6 is 11.8 Å². The second kappa shape index (κ2) is 3.88. The third kappa shape index (κ3) is 2.33. The van der Waals surface area contributed by atoms with Gasteiger partial charge in [-0.05, 0) is 0 Å². The number of hydrogen-bond acceptors (Lipinski definition) is 1. The van der Waals surface area contributed by atoms with E-state index in [0.717, 1.165) is 0 Å². The molecule has 2 rings (SSSR count). The van der Waals surface area contributed by atoms with Gasteiger partial charge in [-0.15, -0.1) is 0 Å². The van der Waals surface area contributed by atoms with Crippen molar-refractivity contribution in [1.82, 2.24) is 0 Å². The van der Waals surface area contributed by atoms with Crippen LogP contribution in [0.4, 0.5) is 0 Å². The number of hydrogen-bond donors (Lipinski definition) is 0. The molecule has 2 heterocycles. The summed E-state index contributed by atoms with van der Waals surface area (Å²) in [5.74, 6) is 0. The number of fused-ring (bicyclic) bond motifs is 1. The van der Waals surface area contributed by atoms with Crippen molar-refractivity contribution in [2.45, 2.75) is 36.2 Å². The third-order valence-electron chi connectivity index (χ3n) is 2.02. The van der Waals surface area contributed by atoms with Gasteiger partial charge in [-0.3, -0.25) is 0 Å². The van der Waals surface area contributed by atoms with Gasteiger partial charge in [0.25, 0.3) is 0 Å². The predicted molar refractivity (Wildman–Crippen MR) is 63.2 cm³/mol. The van der Waals surface area contributed by atoms with Gasteiger partial charge in [-0.2, -0.15) is 0 Å². The molecule has 0 aromatic carbocycles. The topological polar surface area (TPSA) is 3.88 Å². The Morgan fingerprint density at radius 2 is 2.21 bits per heavy atom. The Morgan fingerprint density at radius 3 is 2.93 bits per heavy atom. The minimum absolute atomic E-state index is 0.366. The zero-order valence-corrected chi connectivity index (χ0v) is 11.4. The van der Waals surface area contributed by atoms with E-state index in [0.29, 0.717) is 25.1 Å². The van der Waals surface area contributed by atoms with Crippen LogP contribution < -0.4 is 9.16 Å². The molecule has 1 atom stereocenters. The Balaban J connectivity index is 2.18. The van der Waals surface area contributed by atoms with E-state index in [-0.39, 0.29) is 0 Å². The molecule has 0 spiro atoms. The molecule has 3 heteroatoms. The number of thioether (sulfide) groups is 1. The Morgan fingerprint density at radius 1 is 1.43 bits per heavy atom. The first-order valence-corrected chi connectivity index (χ1v) is 7.82. The molecule has 1 aliphatic rings. The Labute approximate surface area is 96.4 Å². The SMILES string of the molecule is CC(C)(C)SC1C[Se]c2cccc[n+]21. The molecule has 1 nitrogen and oxygen atoms in total. The Kier molecular flexibility index (Phi) is 2.92. The van der Waals surface area contributed by atoms with Crippen molar-refractivity contribution in [3.63, 3.8) is 0 Å². The summed E-state index contributed by atoms with van der Waals surface area (Å²) in [6.45, 7) is 6.89. The molecule has 0 amide bonds. The number of pyridine rings is 1. The van der Waals surface area contributed by atoms with Gasteiger partial charge in [0.15, 0.2) is 0 Å². The molecule has 0 saturated heterocycles. The summed E-state index contributed by atoms with van der Waals surface area (Å²) in [6, 6.07) is 6.56. The maximum absolute atomic E-state index is 2.45. The molecule has 0 N–H and O–H groups in total. The van der Waals surface area contributed by atoms with Gasteiger partial charge < -0.3 is 0 Å². The Bertz CT molecular complexity index is 332. The van der Waals surface area contributed by atoms with Crippen molar-refractivity contribution in [3.8, 4) is 0 Å². The van der Waals surface area contributed by atoms with Crippen molar-refractivity contribution in [2.24, 2.45) is 0 Å². The second-order valence-electron chi connectivity index (χ2n) is 4.44. The van der Waals surface area contributed by atoms with Crippen LogP contribution in [0.2, 0.25) is 5.32 Å². The number of nitrogens with zero attached hydrogens (tertiary/aromatic N) is 1. The molecule has 76 valence electrons. The quantitative estimate of drug-likeness (QED) is 0.557. The normalized spacial score (nSPS) is 20.9. The first-order valence-electron chi connectivity index (χ1n) is 4.87. The van der Waals surface area contributed by atoms with Gasteiger partial charge in [0, 0.05) is 0 Å². The van der Waals surface area contributed by atoms with Crippen molar-refractivity contribution in [2.75, 3.05) is 0 Å². The van der Waals surface area contributed by atoms with E-state index < -0.39 is 0 Å². The summed E-state index contributed by atoms with van der Waals surface area (Å²) in [5, 5.41) is 2.02. The molecular weight excluding hydrogens is 257 g/mol. The average Bonchev–Trinajstić information content (AvgIpc) is 2.47. The molecule has 1 aromatic rings. The van der Waals surface area contributed by atoms with Gasteiger partial charge in [-0.1, -0.05) is 0 Å². The first-order chi connectivity index (χ1) is 6.56. The van der Waals surface area contributed by atoms with E-state index >= 15 is 0 Å². The first kappa shape index (κ1) is 10.5. The van der Waals surface area contributed by atoms with Crippen LogP contribution in [0.25, 0.3) is 0 Å². The average molecular weight is 273 g/mol. The molecule has 0 saturated carbocycles. The van der Waals surface area contributed by atoms with Crippen LogP contribution in [0, 0.1) is 0 Å². The maximum atomic E-state index is 2.45. The van der Waals surface area contributed by atoms with E-state index in [9.17, 15) is 0 Å². The molecule has 0 radical (unpaired) electrons. The second-order valence-corrected chi connectivity index (χ2v) is 8.63. The van der Waals surface area contributed by atoms with E-state index in [1.54, 1.807) is 4.59 Å². The van der Waals surface area contributed by atoms with Gasteiger partial charge >= 0.3 is 96.5 Å². The fourth-order valence-electron chi connectivity index (χ4n) is 1.54. The summed E-state index contributed by atoms with van der Waals surface area (Å²) in [7, 11) is 0. The molecule has 1 aromatic heterocycles. The zero-order valence-electron chi connectivity index (χ0n) is 8.86. The third-order valence-corrected chi connectivity index (χ3v) is 6.23. The van der Waals surface area contributed by atoms with Crippen LogP contribution in [-0.4, -0.2) is 19.7 Å². The van der Waals surface area contributed by atoms with Gasteiger partial charge in [0.05, 0.1) is 0 Å². The number of rotatable bonds is 1. The summed E-state index contributed by atoms with van der Waals surface area (Å²) in [6.07, 6.45) is 2.23. The minimum atomic E-state index is 0.366. The van der Waals surface area contributed by atoms with Crippen LogP contribution in [0.3, 0.4) is 0 Å². The van der Waals surface area contributed by atoms with Crippen LogP contribution in [0.5, 0.6) is 0 Å². The van der Waals surface area contributed by atoms with Crippen LogP contribution in [0.15, 0.2) is 24.4 Å². The Hall–Kier alpha value is 0.0195. The van der Waals surface area contributed by atoms with Crippen molar-refractivity contribution in [3.05, 3.63) is 24.4 Å². The molecule has 0 aliphatic carbocycles. The van der Waals surface area contributed by atoms with Crippen molar-refractivity contribution in [1.29, 1.82) is 0 Å². The summed E-state index contributed by atoms with van der Waals surface area (Å²) in [4.78, 5) is 0. The van der Waals surface area contributed by atoms with Crippen LogP contribution in [0.1, 0.15) is 26.1 Å². The van der Waals surface area contributed by atoms with Gasteiger partial charge in [0.1, 0.15) is 0 Å². The van der Waals surface area contributed by atoms with Crippen molar-refractivity contribution >= 4 is 31.3 Å². The number of aromatic nitrogens is 1. The summed E-state index contributed by atoms with van der Waals surface area (Å²) < 4.78 is 4.36. The van der Waals surface area contributed by atoms with E-state index in [2.05, 4.69) is 61.5 Å². The van der Waals surface area contributed by atoms with E-state index in [4.69, 9.17) is 0 Å². The molecule has 0 bridgehead atoms. The molecule has 0 fully saturated rings.